The highest BCUT2D eigenvalue weighted by Gasteiger charge is 2.04. The van der Waals surface area contributed by atoms with Crippen molar-refractivity contribution in [3.8, 4) is 0 Å². The lowest BCUT2D eigenvalue weighted by atomic mass is 10.2. The van der Waals surface area contributed by atoms with Crippen molar-refractivity contribution in [1.29, 1.82) is 0 Å². The van der Waals surface area contributed by atoms with Gasteiger partial charge in [-0.3, -0.25) is 9.48 Å². The van der Waals surface area contributed by atoms with E-state index in [9.17, 15) is 4.79 Å². The van der Waals surface area contributed by atoms with Crippen LogP contribution in [0.5, 0.6) is 0 Å². The molecule has 0 bridgehead atoms. The van der Waals surface area contributed by atoms with Gasteiger partial charge in [0, 0.05) is 23.1 Å². The van der Waals surface area contributed by atoms with Crippen LogP contribution in [0.15, 0.2) is 6.20 Å². The number of hydrogen-bond acceptors (Lipinski definition) is 3. The molecule has 0 amide bonds. The first-order valence-corrected chi connectivity index (χ1v) is 6.57. The van der Waals surface area contributed by atoms with Crippen LogP contribution in [-0.2, 0) is 17.8 Å². The third kappa shape index (κ3) is 5.43. The zero-order chi connectivity index (χ0) is 12.0. The van der Waals surface area contributed by atoms with Crippen LogP contribution in [0.2, 0.25) is 0 Å². The number of carboxylic acid groups (broad SMARTS) is 1. The fourth-order valence-corrected chi connectivity index (χ4v) is 1.77. The molecule has 1 rings (SSSR count). The first kappa shape index (κ1) is 13.4. The Bertz CT molecular complexity index is 339. The summed E-state index contributed by atoms with van der Waals surface area (Å²) < 4.78 is 2.46. The van der Waals surface area contributed by atoms with Gasteiger partial charge in [-0.05, 0) is 12.8 Å². The summed E-state index contributed by atoms with van der Waals surface area (Å²) in [6.07, 6.45) is 4.64. The number of hydrogen-bond donors (Lipinski definition) is 1. The molecule has 0 aromatic carbocycles. The number of alkyl halides is 1. The Morgan fingerprint density at radius 1 is 1.69 bits per heavy atom. The molecule has 1 atom stereocenters. The Kier molecular flexibility index (Phi) is 5.72. The number of halogens is 1. The van der Waals surface area contributed by atoms with E-state index in [1.165, 1.54) is 0 Å². The summed E-state index contributed by atoms with van der Waals surface area (Å²) in [5, 5.41) is 16.4. The summed E-state index contributed by atoms with van der Waals surface area (Å²) in [5.41, 5.74) is 0.755. The smallest absolute Gasteiger partial charge is 0.303 e. The van der Waals surface area contributed by atoms with Crippen LogP contribution in [-0.4, -0.2) is 30.0 Å². The van der Waals surface area contributed by atoms with E-state index < -0.39 is 5.97 Å². The number of nitrogens with zero attached hydrogens (tertiary/aromatic N) is 3. The van der Waals surface area contributed by atoms with Crippen LogP contribution in [0.3, 0.4) is 0 Å². The second-order valence-electron chi connectivity index (χ2n) is 3.79. The normalized spacial score (nSPS) is 12.6. The second-order valence-corrected chi connectivity index (χ2v) is 5.92. The second kappa shape index (κ2) is 6.82. The monoisotopic (exact) mass is 337 g/mol. The fourth-order valence-electron chi connectivity index (χ4n) is 1.33. The third-order valence-electron chi connectivity index (χ3n) is 2.17. The highest BCUT2D eigenvalue weighted by Crippen LogP contribution is 2.08. The molecule has 0 saturated heterocycles. The molecule has 1 aromatic heterocycles. The molecule has 1 heterocycles. The standard InChI is InChI=1S/C10H16IN3O2/c1-8(11)3-2-6-14-7-9(12-13-14)4-5-10(15)16/h7-8H,2-6H2,1H3,(H,15,16). The number of aromatic nitrogens is 3. The zero-order valence-corrected chi connectivity index (χ0v) is 11.4. The van der Waals surface area contributed by atoms with Gasteiger partial charge in [-0.2, -0.15) is 0 Å². The number of aliphatic carboxylic acids is 1. The van der Waals surface area contributed by atoms with Crippen molar-refractivity contribution in [2.75, 3.05) is 0 Å². The lowest BCUT2D eigenvalue weighted by Crippen LogP contribution is -2.01. The molecule has 6 heteroatoms. The first-order valence-electron chi connectivity index (χ1n) is 5.33. The predicted octanol–water partition coefficient (Wildman–Crippen LogP) is 1.90. The molecule has 0 aliphatic heterocycles. The zero-order valence-electron chi connectivity index (χ0n) is 9.27. The molecule has 1 aromatic rings. The summed E-state index contributed by atoms with van der Waals surface area (Å²) in [6, 6.07) is 0. The summed E-state index contributed by atoms with van der Waals surface area (Å²) in [6.45, 7) is 3.04. The van der Waals surface area contributed by atoms with Crippen molar-refractivity contribution in [3.05, 3.63) is 11.9 Å². The molecule has 1 unspecified atom stereocenters. The van der Waals surface area contributed by atoms with Crippen molar-refractivity contribution in [2.45, 2.75) is 43.1 Å². The number of carbonyl (C=O) groups is 1. The summed E-state index contributed by atoms with van der Waals surface area (Å²) in [7, 11) is 0. The van der Waals surface area contributed by atoms with E-state index in [0.29, 0.717) is 10.3 Å². The molecule has 0 aliphatic rings. The lowest BCUT2D eigenvalue weighted by molar-refractivity contribution is -0.136. The van der Waals surface area contributed by atoms with E-state index in [0.717, 1.165) is 25.1 Å². The van der Waals surface area contributed by atoms with Gasteiger partial charge in [0.25, 0.3) is 0 Å². The van der Waals surface area contributed by atoms with E-state index >= 15 is 0 Å². The first-order chi connectivity index (χ1) is 7.58. The Hall–Kier alpha value is -0.660. The Morgan fingerprint density at radius 2 is 2.44 bits per heavy atom. The van der Waals surface area contributed by atoms with Crippen LogP contribution in [0.25, 0.3) is 0 Å². The molecular weight excluding hydrogens is 321 g/mol. The van der Waals surface area contributed by atoms with Crippen LogP contribution in [0.4, 0.5) is 0 Å². The SMILES string of the molecule is CC(I)CCCn1cc(CCC(=O)O)nn1. The van der Waals surface area contributed by atoms with E-state index in [1.807, 2.05) is 6.20 Å². The van der Waals surface area contributed by atoms with E-state index in [-0.39, 0.29) is 6.42 Å². The van der Waals surface area contributed by atoms with Crippen LogP contribution < -0.4 is 0 Å². The molecule has 1 N–H and O–H groups in total. The third-order valence-corrected chi connectivity index (χ3v) is 2.79. The minimum absolute atomic E-state index is 0.115. The average Bonchev–Trinajstić information content (AvgIpc) is 2.62. The van der Waals surface area contributed by atoms with Crippen molar-refractivity contribution < 1.29 is 9.90 Å². The molecule has 0 saturated carbocycles. The van der Waals surface area contributed by atoms with E-state index in [1.54, 1.807) is 4.68 Å². The molecule has 0 fully saturated rings. The molecule has 0 spiro atoms. The maximum absolute atomic E-state index is 10.4. The number of aryl methyl sites for hydroxylation is 2. The maximum atomic E-state index is 10.4. The highest BCUT2D eigenvalue weighted by molar-refractivity contribution is 14.1. The van der Waals surface area contributed by atoms with E-state index in [2.05, 4.69) is 39.8 Å². The number of carboxylic acids is 1. The van der Waals surface area contributed by atoms with Crippen molar-refractivity contribution in [3.63, 3.8) is 0 Å². The van der Waals surface area contributed by atoms with Gasteiger partial charge in [-0.25, -0.2) is 0 Å². The minimum Gasteiger partial charge on any atom is -0.481 e. The van der Waals surface area contributed by atoms with Crippen molar-refractivity contribution >= 4 is 28.6 Å². The fraction of sp³-hybridized carbons (Fsp3) is 0.700. The summed E-state index contributed by atoms with van der Waals surface area (Å²) in [4.78, 5) is 10.4. The maximum Gasteiger partial charge on any atom is 0.303 e. The van der Waals surface area contributed by atoms with Gasteiger partial charge >= 0.3 is 5.97 Å². The minimum atomic E-state index is -0.798. The van der Waals surface area contributed by atoms with Crippen LogP contribution in [0.1, 0.15) is 31.9 Å². The van der Waals surface area contributed by atoms with Crippen LogP contribution in [0, 0.1) is 0 Å². The van der Waals surface area contributed by atoms with Gasteiger partial charge in [0.1, 0.15) is 0 Å². The largest absolute Gasteiger partial charge is 0.481 e. The quantitative estimate of drug-likeness (QED) is 0.610. The van der Waals surface area contributed by atoms with Crippen LogP contribution >= 0.6 is 22.6 Å². The summed E-state index contributed by atoms with van der Waals surface area (Å²) >= 11 is 2.40. The van der Waals surface area contributed by atoms with Gasteiger partial charge in [0.15, 0.2) is 0 Å². The highest BCUT2D eigenvalue weighted by atomic mass is 127. The molecule has 0 aliphatic carbocycles. The average molecular weight is 337 g/mol. The van der Waals surface area contributed by atoms with Crippen molar-refractivity contribution in [1.82, 2.24) is 15.0 Å². The molecule has 0 radical (unpaired) electrons. The molecule has 16 heavy (non-hydrogen) atoms. The Balaban J connectivity index is 2.30. The van der Waals surface area contributed by atoms with Gasteiger partial charge < -0.3 is 5.11 Å². The Morgan fingerprint density at radius 3 is 3.06 bits per heavy atom. The van der Waals surface area contributed by atoms with Gasteiger partial charge in [-0.15, -0.1) is 5.10 Å². The lowest BCUT2D eigenvalue weighted by Gasteiger charge is -2.01. The Labute approximate surface area is 108 Å². The number of rotatable bonds is 7. The molecule has 5 nitrogen and oxygen atoms in total. The van der Waals surface area contributed by atoms with Crippen molar-refractivity contribution in [2.24, 2.45) is 0 Å². The summed E-state index contributed by atoms with van der Waals surface area (Å²) in [5.74, 6) is -0.798. The van der Waals surface area contributed by atoms with Gasteiger partial charge in [0.05, 0.1) is 12.1 Å². The molecule has 90 valence electrons. The predicted molar refractivity (Wildman–Crippen MR) is 68.7 cm³/mol. The van der Waals surface area contributed by atoms with Gasteiger partial charge in [-0.1, -0.05) is 34.7 Å². The van der Waals surface area contributed by atoms with E-state index in [4.69, 9.17) is 5.11 Å². The van der Waals surface area contributed by atoms with Gasteiger partial charge in [0.2, 0.25) is 0 Å². The molecular formula is C10H16IN3O2. The topological polar surface area (TPSA) is 68.0 Å².